The van der Waals surface area contributed by atoms with Crippen molar-refractivity contribution in [2.45, 2.75) is 12.8 Å². The van der Waals surface area contributed by atoms with Gasteiger partial charge in [-0.2, -0.15) is 10.2 Å². The van der Waals surface area contributed by atoms with Crippen molar-refractivity contribution >= 4 is 0 Å². The fourth-order valence-electron chi connectivity index (χ4n) is 1.95. The van der Waals surface area contributed by atoms with E-state index in [0.29, 0.717) is 23.1 Å². The quantitative estimate of drug-likeness (QED) is 0.785. The van der Waals surface area contributed by atoms with Gasteiger partial charge in [0.1, 0.15) is 17.5 Å². The second-order valence-corrected chi connectivity index (χ2v) is 4.40. The van der Waals surface area contributed by atoms with Crippen molar-refractivity contribution in [3.63, 3.8) is 0 Å². The topological polar surface area (TPSA) is 78.5 Å². The molecular formula is C15H12N4O. The summed E-state index contributed by atoms with van der Waals surface area (Å²) >= 11 is 0. The van der Waals surface area contributed by atoms with Crippen molar-refractivity contribution in [3.8, 4) is 17.7 Å². The van der Waals surface area contributed by atoms with E-state index in [1.54, 1.807) is 12.1 Å². The molecule has 0 saturated heterocycles. The van der Waals surface area contributed by atoms with E-state index < -0.39 is 0 Å². The fraction of sp³-hybridized carbons (Fsp3) is 0.133. The number of aromatic amines is 1. The van der Waals surface area contributed by atoms with E-state index in [2.05, 4.69) is 27.3 Å². The maximum absolute atomic E-state index is 8.77. The summed E-state index contributed by atoms with van der Waals surface area (Å²) < 4.78 is 5.20. The van der Waals surface area contributed by atoms with Gasteiger partial charge >= 0.3 is 0 Å². The number of nitrogens with zero attached hydrogens (tertiary/aromatic N) is 3. The monoisotopic (exact) mass is 264 g/mol. The Balaban J connectivity index is 1.69. The molecule has 0 aliphatic heterocycles. The van der Waals surface area contributed by atoms with Crippen LogP contribution in [0, 0.1) is 11.3 Å². The van der Waals surface area contributed by atoms with Crippen LogP contribution in [-0.4, -0.2) is 15.1 Å². The van der Waals surface area contributed by atoms with E-state index in [9.17, 15) is 0 Å². The molecule has 0 atom stereocenters. The van der Waals surface area contributed by atoms with Gasteiger partial charge in [0, 0.05) is 6.42 Å². The normalized spacial score (nSPS) is 10.3. The molecule has 2 heterocycles. The van der Waals surface area contributed by atoms with Gasteiger partial charge in [-0.15, -0.1) is 0 Å². The lowest BCUT2D eigenvalue weighted by molar-refractivity contribution is 0.421. The van der Waals surface area contributed by atoms with Gasteiger partial charge in [0.25, 0.3) is 5.89 Å². The Morgan fingerprint density at radius 1 is 1.10 bits per heavy atom. The van der Waals surface area contributed by atoms with Crippen molar-refractivity contribution in [1.82, 2.24) is 15.1 Å². The fourth-order valence-corrected chi connectivity index (χ4v) is 1.95. The van der Waals surface area contributed by atoms with Crippen molar-refractivity contribution in [3.05, 3.63) is 59.5 Å². The Hall–Kier alpha value is -2.87. The molecule has 1 N–H and O–H groups in total. The third kappa shape index (κ3) is 2.59. The van der Waals surface area contributed by atoms with Gasteiger partial charge in [-0.05, 0) is 24.1 Å². The number of aromatic nitrogens is 3. The van der Waals surface area contributed by atoms with E-state index in [0.717, 1.165) is 12.8 Å². The number of aryl methyl sites for hydroxylation is 2. The first-order chi connectivity index (χ1) is 9.85. The van der Waals surface area contributed by atoms with E-state index in [1.165, 1.54) is 5.56 Å². The Morgan fingerprint density at radius 3 is 2.70 bits per heavy atom. The predicted molar refractivity (Wildman–Crippen MR) is 72.6 cm³/mol. The summed E-state index contributed by atoms with van der Waals surface area (Å²) in [7, 11) is 0. The number of nitriles is 1. The number of H-pyrrole nitrogens is 1. The van der Waals surface area contributed by atoms with Crippen LogP contribution in [-0.2, 0) is 12.8 Å². The highest BCUT2D eigenvalue weighted by molar-refractivity contribution is 5.49. The van der Waals surface area contributed by atoms with Gasteiger partial charge in [0.05, 0.1) is 0 Å². The maximum atomic E-state index is 8.77. The molecule has 2 aromatic heterocycles. The zero-order valence-electron chi connectivity index (χ0n) is 10.7. The van der Waals surface area contributed by atoms with Gasteiger partial charge in [-0.1, -0.05) is 35.5 Å². The molecule has 0 bridgehead atoms. The van der Waals surface area contributed by atoms with Crippen LogP contribution in [0.25, 0.3) is 11.6 Å². The smallest absolute Gasteiger partial charge is 0.274 e. The summed E-state index contributed by atoms with van der Waals surface area (Å²) in [5, 5.41) is 12.7. The van der Waals surface area contributed by atoms with Gasteiger partial charge in [-0.25, -0.2) is 0 Å². The molecule has 0 unspecified atom stereocenters. The Morgan fingerprint density at radius 2 is 1.95 bits per heavy atom. The molecule has 0 spiro atoms. The van der Waals surface area contributed by atoms with Crippen molar-refractivity contribution in [2.24, 2.45) is 0 Å². The molecule has 0 radical (unpaired) electrons. The average molecular weight is 264 g/mol. The van der Waals surface area contributed by atoms with Gasteiger partial charge in [0.2, 0.25) is 0 Å². The second kappa shape index (κ2) is 5.41. The van der Waals surface area contributed by atoms with Crippen LogP contribution in [0.4, 0.5) is 0 Å². The minimum Gasteiger partial charge on any atom is -0.342 e. The Labute approximate surface area is 115 Å². The molecule has 0 aliphatic carbocycles. The first kappa shape index (κ1) is 12.2. The molecule has 5 heteroatoms. The third-order valence-electron chi connectivity index (χ3n) is 2.99. The van der Waals surface area contributed by atoms with Crippen LogP contribution < -0.4 is 0 Å². The third-order valence-corrected chi connectivity index (χ3v) is 2.99. The van der Waals surface area contributed by atoms with E-state index in [-0.39, 0.29) is 0 Å². The van der Waals surface area contributed by atoms with Crippen LogP contribution in [0.15, 0.2) is 47.0 Å². The van der Waals surface area contributed by atoms with Crippen LogP contribution in [0.5, 0.6) is 0 Å². The minimum absolute atomic E-state index is 0.412. The number of benzene rings is 1. The summed E-state index contributed by atoms with van der Waals surface area (Å²) in [5.41, 5.74) is 2.38. The van der Waals surface area contributed by atoms with E-state index >= 15 is 0 Å². The maximum Gasteiger partial charge on any atom is 0.274 e. The van der Waals surface area contributed by atoms with E-state index in [4.69, 9.17) is 9.78 Å². The molecule has 0 amide bonds. The minimum atomic E-state index is 0.412. The molecule has 98 valence electrons. The van der Waals surface area contributed by atoms with Crippen LogP contribution in [0.3, 0.4) is 0 Å². The lowest BCUT2D eigenvalue weighted by atomic mass is 10.1. The Bertz CT molecular complexity index is 737. The van der Waals surface area contributed by atoms with Gasteiger partial charge < -0.3 is 9.51 Å². The molecule has 3 rings (SSSR count). The summed E-state index contributed by atoms with van der Waals surface area (Å²) in [6.45, 7) is 0. The SMILES string of the molecule is N#Cc1ccc(-c2nc(CCc3ccccc3)no2)[nH]1. The van der Waals surface area contributed by atoms with Gasteiger partial charge in [0.15, 0.2) is 5.82 Å². The molecule has 0 aliphatic rings. The summed E-state index contributed by atoms with van der Waals surface area (Å²) in [4.78, 5) is 7.23. The summed E-state index contributed by atoms with van der Waals surface area (Å²) in [6, 6.07) is 15.6. The zero-order chi connectivity index (χ0) is 13.8. The first-order valence-corrected chi connectivity index (χ1v) is 6.31. The molecule has 0 saturated carbocycles. The lowest BCUT2D eigenvalue weighted by Crippen LogP contribution is -1.93. The summed E-state index contributed by atoms with van der Waals surface area (Å²) in [5.74, 6) is 1.08. The molecule has 3 aromatic rings. The van der Waals surface area contributed by atoms with Gasteiger partial charge in [-0.3, -0.25) is 0 Å². The second-order valence-electron chi connectivity index (χ2n) is 4.40. The average Bonchev–Trinajstić information content (AvgIpc) is 3.15. The Kier molecular flexibility index (Phi) is 3.29. The van der Waals surface area contributed by atoms with Crippen LogP contribution in [0.2, 0.25) is 0 Å². The highest BCUT2D eigenvalue weighted by atomic mass is 16.5. The lowest BCUT2D eigenvalue weighted by Gasteiger charge is -1.96. The van der Waals surface area contributed by atoms with Crippen molar-refractivity contribution in [2.75, 3.05) is 0 Å². The number of nitrogens with one attached hydrogen (secondary N) is 1. The zero-order valence-corrected chi connectivity index (χ0v) is 10.7. The van der Waals surface area contributed by atoms with Crippen molar-refractivity contribution < 1.29 is 4.52 Å². The van der Waals surface area contributed by atoms with Crippen molar-refractivity contribution in [1.29, 1.82) is 5.26 Å². The molecular weight excluding hydrogens is 252 g/mol. The molecule has 0 fully saturated rings. The largest absolute Gasteiger partial charge is 0.342 e. The standard InChI is InChI=1S/C15H12N4O/c16-10-12-7-8-13(17-12)15-18-14(19-20-15)9-6-11-4-2-1-3-5-11/h1-5,7-8,17H,6,9H2. The van der Waals surface area contributed by atoms with Crippen LogP contribution >= 0.6 is 0 Å². The number of rotatable bonds is 4. The van der Waals surface area contributed by atoms with Crippen LogP contribution in [0.1, 0.15) is 17.1 Å². The highest BCUT2D eigenvalue weighted by Gasteiger charge is 2.10. The van der Waals surface area contributed by atoms with E-state index in [1.807, 2.05) is 24.3 Å². The number of hydrogen-bond donors (Lipinski definition) is 1. The molecule has 20 heavy (non-hydrogen) atoms. The number of hydrogen-bond acceptors (Lipinski definition) is 4. The summed E-state index contributed by atoms with van der Waals surface area (Å²) in [6.07, 6.45) is 1.59. The first-order valence-electron chi connectivity index (χ1n) is 6.31. The molecule has 5 nitrogen and oxygen atoms in total. The molecule has 1 aromatic carbocycles. The highest BCUT2D eigenvalue weighted by Crippen LogP contribution is 2.16. The predicted octanol–water partition coefficient (Wildman–Crippen LogP) is 2.72.